The predicted octanol–water partition coefficient (Wildman–Crippen LogP) is 5.14. The van der Waals surface area contributed by atoms with Crippen molar-refractivity contribution in [2.45, 2.75) is 47.5 Å². The molecule has 0 heterocycles. The van der Waals surface area contributed by atoms with E-state index >= 15 is 0 Å². The quantitative estimate of drug-likeness (QED) is 0.528. The van der Waals surface area contributed by atoms with Gasteiger partial charge in [-0.05, 0) is 44.1 Å². The van der Waals surface area contributed by atoms with E-state index < -0.39 is 0 Å². The van der Waals surface area contributed by atoms with E-state index in [4.69, 9.17) is 0 Å². The molecule has 0 rings (SSSR count). The molecule has 0 aromatic carbocycles. The maximum Gasteiger partial charge on any atom is -0.0203 e. The number of rotatable bonds is 6. The average molecular weight is 206 g/mol. The lowest BCUT2D eigenvalue weighted by molar-refractivity contribution is 0.447. The minimum Gasteiger partial charge on any atom is -0.0955 e. The first-order valence-electron chi connectivity index (χ1n) is 5.91. The van der Waals surface area contributed by atoms with Gasteiger partial charge in [0.15, 0.2) is 0 Å². The van der Waals surface area contributed by atoms with Gasteiger partial charge in [-0.2, -0.15) is 0 Å². The Hall–Kier alpha value is -0.780. The van der Waals surface area contributed by atoms with Crippen LogP contribution in [0.25, 0.3) is 0 Å². The Morgan fingerprint density at radius 1 is 1.20 bits per heavy atom. The Kier molecular flexibility index (Phi) is 6.31. The van der Waals surface area contributed by atoms with Crippen molar-refractivity contribution < 1.29 is 0 Å². The van der Waals surface area contributed by atoms with Crippen LogP contribution in [-0.4, -0.2) is 0 Å². The molecule has 1 unspecified atom stereocenters. The molecule has 0 N–H and O–H groups in total. The van der Waals surface area contributed by atoms with E-state index in [1.54, 1.807) is 0 Å². The zero-order valence-corrected chi connectivity index (χ0v) is 11.1. The Morgan fingerprint density at radius 2 is 1.73 bits per heavy atom. The van der Waals surface area contributed by atoms with E-state index in [0.717, 1.165) is 17.1 Å². The Bertz CT molecular complexity index is 253. The van der Waals surface area contributed by atoms with Crippen molar-refractivity contribution in [2.75, 3.05) is 0 Å². The summed E-state index contributed by atoms with van der Waals surface area (Å²) < 4.78 is 0. The van der Waals surface area contributed by atoms with Crippen LogP contribution < -0.4 is 0 Å². The molecule has 0 aromatic heterocycles. The van der Waals surface area contributed by atoms with Crippen molar-refractivity contribution in [3.8, 4) is 0 Å². The summed E-state index contributed by atoms with van der Waals surface area (Å²) in [5.74, 6) is 1.46. The molecular weight excluding hydrogens is 180 g/mol. The van der Waals surface area contributed by atoms with Gasteiger partial charge in [0, 0.05) is 0 Å². The van der Waals surface area contributed by atoms with Crippen LogP contribution in [0.2, 0.25) is 0 Å². The van der Waals surface area contributed by atoms with Crippen molar-refractivity contribution in [1.29, 1.82) is 0 Å². The Morgan fingerprint density at radius 3 is 2.07 bits per heavy atom. The molecule has 0 radical (unpaired) electrons. The van der Waals surface area contributed by atoms with Crippen LogP contribution in [0.3, 0.4) is 0 Å². The second-order valence-corrected chi connectivity index (χ2v) is 4.93. The van der Waals surface area contributed by atoms with E-state index in [0.29, 0.717) is 5.92 Å². The topological polar surface area (TPSA) is 0 Å². The summed E-state index contributed by atoms with van der Waals surface area (Å²) >= 11 is 0. The molecule has 0 bridgehead atoms. The van der Waals surface area contributed by atoms with Gasteiger partial charge in [-0.1, -0.05) is 51.2 Å². The third-order valence-electron chi connectivity index (χ3n) is 2.84. The standard InChI is InChI=1S/C15H26/c1-8-15(9-11(2)3)14(7)10-13(6)12(4)5/h10-11,15H,4,6,8-9H2,1-3,5,7H3. The van der Waals surface area contributed by atoms with Gasteiger partial charge in [-0.25, -0.2) is 0 Å². The molecule has 0 saturated heterocycles. The van der Waals surface area contributed by atoms with Crippen LogP contribution >= 0.6 is 0 Å². The molecule has 0 aliphatic heterocycles. The number of hydrogen-bond acceptors (Lipinski definition) is 0. The first-order valence-corrected chi connectivity index (χ1v) is 5.91. The lowest BCUT2D eigenvalue weighted by Crippen LogP contribution is -2.05. The maximum atomic E-state index is 4.01. The molecule has 0 amide bonds. The second-order valence-electron chi connectivity index (χ2n) is 4.93. The molecule has 0 nitrogen and oxygen atoms in total. The van der Waals surface area contributed by atoms with Gasteiger partial charge < -0.3 is 0 Å². The van der Waals surface area contributed by atoms with Gasteiger partial charge in [0.2, 0.25) is 0 Å². The van der Waals surface area contributed by atoms with Gasteiger partial charge in [0.25, 0.3) is 0 Å². The molecule has 0 spiro atoms. The van der Waals surface area contributed by atoms with Crippen molar-refractivity contribution in [1.82, 2.24) is 0 Å². The van der Waals surface area contributed by atoms with Crippen LogP contribution in [0.1, 0.15) is 47.5 Å². The summed E-state index contributed by atoms with van der Waals surface area (Å²) in [6, 6.07) is 0. The van der Waals surface area contributed by atoms with E-state index in [9.17, 15) is 0 Å². The first kappa shape index (κ1) is 14.2. The summed E-state index contributed by atoms with van der Waals surface area (Å²) in [6.45, 7) is 19.0. The molecule has 0 aliphatic carbocycles. The number of allylic oxidation sites excluding steroid dienone is 4. The van der Waals surface area contributed by atoms with Crippen LogP contribution in [0.15, 0.2) is 36.0 Å². The van der Waals surface area contributed by atoms with Crippen molar-refractivity contribution in [2.24, 2.45) is 11.8 Å². The minimum absolute atomic E-state index is 0.695. The molecule has 0 fully saturated rings. The molecule has 86 valence electrons. The molecule has 0 aliphatic rings. The first-order chi connectivity index (χ1) is 6.88. The van der Waals surface area contributed by atoms with Gasteiger partial charge in [0.1, 0.15) is 0 Å². The number of hydrogen-bond donors (Lipinski definition) is 0. The van der Waals surface area contributed by atoms with Gasteiger partial charge in [-0.3, -0.25) is 0 Å². The zero-order valence-electron chi connectivity index (χ0n) is 11.1. The molecule has 15 heavy (non-hydrogen) atoms. The monoisotopic (exact) mass is 206 g/mol. The van der Waals surface area contributed by atoms with Crippen LogP contribution in [0.5, 0.6) is 0 Å². The van der Waals surface area contributed by atoms with Crippen molar-refractivity contribution in [3.63, 3.8) is 0 Å². The van der Waals surface area contributed by atoms with Crippen molar-refractivity contribution in [3.05, 3.63) is 36.0 Å². The lowest BCUT2D eigenvalue weighted by Gasteiger charge is -2.18. The summed E-state index contributed by atoms with van der Waals surface area (Å²) in [7, 11) is 0. The molecule has 0 saturated carbocycles. The molecule has 0 aromatic rings. The predicted molar refractivity (Wildman–Crippen MR) is 70.9 cm³/mol. The fraction of sp³-hybridized carbons (Fsp3) is 0.600. The zero-order chi connectivity index (χ0) is 12.0. The fourth-order valence-corrected chi connectivity index (χ4v) is 1.76. The summed E-state index contributed by atoms with van der Waals surface area (Å²) in [5, 5.41) is 0. The van der Waals surface area contributed by atoms with Crippen LogP contribution in [0.4, 0.5) is 0 Å². The van der Waals surface area contributed by atoms with Gasteiger partial charge >= 0.3 is 0 Å². The maximum absolute atomic E-state index is 4.01. The van der Waals surface area contributed by atoms with Gasteiger partial charge in [0.05, 0.1) is 0 Å². The second kappa shape index (κ2) is 6.66. The molecular formula is C15H26. The highest BCUT2D eigenvalue weighted by atomic mass is 14.2. The smallest absolute Gasteiger partial charge is 0.0203 e. The van der Waals surface area contributed by atoms with E-state index in [1.165, 1.54) is 18.4 Å². The summed E-state index contributed by atoms with van der Waals surface area (Å²) in [4.78, 5) is 0. The van der Waals surface area contributed by atoms with E-state index in [1.807, 2.05) is 6.92 Å². The SMILES string of the molecule is C=C(C)C(=C)C=C(C)C(CC)CC(C)C. The normalized spacial score (nSPS) is 14.1. The van der Waals surface area contributed by atoms with E-state index in [-0.39, 0.29) is 0 Å². The third-order valence-corrected chi connectivity index (χ3v) is 2.84. The fourth-order valence-electron chi connectivity index (χ4n) is 1.76. The molecule has 0 heteroatoms. The van der Waals surface area contributed by atoms with Gasteiger partial charge in [-0.15, -0.1) is 0 Å². The highest BCUT2D eigenvalue weighted by Crippen LogP contribution is 2.24. The largest absolute Gasteiger partial charge is 0.0955 e. The summed E-state index contributed by atoms with van der Waals surface area (Å²) in [6.07, 6.45) is 4.67. The minimum atomic E-state index is 0.695. The lowest BCUT2D eigenvalue weighted by atomic mass is 9.87. The summed E-state index contributed by atoms with van der Waals surface area (Å²) in [5.41, 5.74) is 3.57. The van der Waals surface area contributed by atoms with Crippen LogP contribution in [-0.2, 0) is 0 Å². The Labute approximate surface area is 95.8 Å². The van der Waals surface area contributed by atoms with Crippen molar-refractivity contribution >= 4 is 0 Å². The highest BCUT2D eigenvalue weighted by Gasteiger charge is 2.10. The van der Waals surface area contributed by atoms with E-state index in [2.05, 4.69) is 46.9 Å². The Balaban J connectivity index is 4.56. The van der Waals surface area contributed by atoms with Crippen LogP contribution in [0, 0.1) is 11.8 Å². The molecule has 1 atom stereocenters. The average Bonchev–Trinajstić information content (AvgIpc) is 2.13. The highest BCUT2D eigenvalue weighted by molar-refractivity contribution is 5.36. The third kappa shape index (κ3) is 5.61.